The molecule has 2 rings (SSSR count). The van der Waals surface area contributed by atoms with Crippen LogP contribution in [0.25, 0.3) is 0 Å². The zero-order valence-electron chi connectivity index (χ0n) is 14.3. The maximum atomic E-state index is 12.5. The minimum atomic E-state index is -0.840. The van der Waals surface area contributed by atoms with Crippen LogP contribution in [0.15, 0.2) is 48.5 Å². The second-order valence-electron chi connectivity index (χ2n) is 5.46. The Labute approximate surface area is 165 Å². The van der Waals surface area contributed by atoms with Gasteiger partial charge in [-0.2, -0.15) is 0 Å². The fourth-order valence-electron chi connectivity index (χ4n) is 2.38. The molecule has 1 N–H and O–H groups in total. The number of carbonyl (C=O) groups excluding carboxylic acids is 3. The molecule has 0 saturated heterocycles. The van der Waals surface area contributed by atoms with Crippen molar-refractivity contribution in [3.63, 3.8) is 0 Å². The molecule has 2 aromatic carbocycles. The van der Waals surface area contributed by atoms with Gasteiger partial charge in [0.2, 0.25) is 0 Å². The fraction of sp³-hybridized carbons (Fsp3) is 0.211. The van der Waals surface area contributed by atoms with Crippen LogP contribution in [-0.4, -0.2) is 38.1 Å². The molecular weight excluding hydrogens is 449 g/mol. The van der Waals surface area contributed by atoms with Crippen molar-refractivity contribution >= 4 is 40.4 Å². The van der Waals surface area contributed by atoms with Gasteiger partial charge in [-0.3, -0.25) is 4.79 Å². The quantitative estimate of drug-likeness (QED) is 0.522. The molecule has 0 fully saturated rings. The van der Waals surface area contributed by atoms with Gasteiger partial charge < -0.3 is 14.8 Å². The zero-order valence-corrected chi connectivity index (χ0v) is 16.5. The predicted octanol–water partition coefficient (Wildman–Crippen LogP) is 2.59. The number of benzene rings is 2. The molecule has 26 heavy (non-hydrogen) atoms. The molecule has 7 heteroatoms. The average Bonchev–Trinajstić information content (AvgIpc) is 2.66. The Kier molecular flexibility index (Phi) is 7.14. The zero-order chi connectivity index (χ0) is 19.1. The van der Waals surface area contributed by atoms with Crippen LogP contribution in [0, 0.1) is 3.57 Å². The standard InChI is InChI=1S/C19H18INO5/c1-25-18(23)14-7-4-6-13(11-14)17(22)21-16(19(24)26-2)10-12-5-3-8-15(20)9-12/h3-9,11,16H,10H2,1-2H3,(H,21,22)/t16-/m1/s1. The van der Waals surface area contributed by atoms with Crippen molar-refractivity contribution in [1.29, 1.82) is 0 Å². The van der Waals surface area contributed by atoms with Crippen LogP contribution >= 0.6 is 22.6 Å². The number of halogens is 1. The maximum absolute atomic E-state index is 12.5. The summed E-state index contributed by atoms with van der Waals surface area (Å²) < 4.78 is 10.5. The highest BCUT2D eigenvalue weighted by atomic mass is 127. The van der Waals surface area contributed by atoms with Gasteiger partial charge in [0, 0.05) is 15.6 Å². The lowest BCUT2D eigenvalue weighted by Gasteiger charge is -2.17. The Morgan fingerprint density at radius 2 is 1.69 bits per heavy atom. The highest BCUT2D eigenvalue weighted by Gasteiger charge is 2.23. The number of hydrogen-bond acceptors (Lipinski definition) is 5. The number of methoxy groups -OCH3 is 2. The highest BCUT2D eigenvalue weighted by molar-refractivity contribution is 14.1. The molecule has 0 radical (unpaired) electrons. The smallest absolute Gasteiger partial charge is 0.337 e. The van der Waals surface area contributed by atoms with Crippen molar-refractivity contribution in [1.82, 2.24) is 5.32 Å². The Morgan fingerprint density at radius 3 is 2.35 bits per heavy atom. The average molecular weight is 467 g/mol. The summed E-state index contributed by atoms with van der Waals surface area (Å²) in [4.78, 5) is 36.2. The van der Waals surface area contributed by atoms with Crippen LogP contribution < -0.4 is 5.32 Å². The van der Waals surface area contributed by atoms with E-state index >= 15 is 0 Å². The van der Waals surface area contributed by atoms with Crippen molar-refractivity contribution in [3.05, 3.63) is 68.8 Å². The Morgan fingerprint density at radius 1 is 1.00 bits per heavy atom. The van der Waals surface area contributed by atoms with Crippen LogP contribution in [0.2, 0.25) is 0 Å². The van der Waals surface area contributed by atoms with Crippen LogP contribution in [0.3, 0.4) is 0 Å². The number of ether oxygens (including phenoxy) is 2. The van der Waals surface area contributed by atoms with Gasteiger partial charge in [-0.05, 0) is 58.5 Å². The van der Waals surface area contributed by atoms with E-state index in [0.29, 0.717) is 6.42 Å². The van der Waals surface area contributed by atoms with E-state index in [0.717, 1.165) is 9.13 Å². The second-order valence-corrected chi connectivity index (χ2v) is 6.70. The van der Waals surface area contributed by atoms with Gasteiger partial charge in [0.05, 0.1) is 19.8 Å². The van der Waals surface area contributed by atoms with Crippen molar-refractivity contribution in [2.45, 2.75) is 12.5 Å². The number of rotatable bonds is 6. The molecule has 2 aromatic rings. The minimum absolute atomic E-state index is 0.254. The van der Waals surface area contributed by atoms with Gasteiger partial charge in [-0.15, -0.1) is 0 Å². The Bertz CT molecular complexity index is 821. The molecule has 136 valence electrons. The molecule has 0 aliphatic carbocycles. The molecule has 1 atom stereocenters. The molecule has 0 unspecified atom stereocenters. The molecule has 6 nitrogen and oxygen atoms in total. The molecule has 0 aliphatic rings. The normalized spacial score (nSPS) is 11.3. The summed E-state index contributed by atoms with van der Waals surface area (Å²) in [7, 11) is 2.54. The summed E-state index contributed by atoms with van der Waals surface area (Å²) in [5.74, 6) is -1.55. The minimum Gasteiger partial charge on any atom is -0.467 e. The number of carbonyl (C=O) groups is 3. The Balaban J connectivity index is 2.18. The van der Waals surface area contributed by atoms with Crippen LogP contribution in [0.4, 0.5) is 0 Å². The van der Waals surface area contributed by atoms with Crippen LogP contribution in [0.1, 0.15) is 26.3 Å². The first-order chi connectivity index (χ1) is 12.4. The number of esters is 2. The van der Waals surface area contributed by atoms with E-state index in [1.54, 1.807) is 18.2 Å². The lowest BCUT2D eigenvalue weighted by Crippen LogP contribution is -2.43. The summed E-state index contributed by atoms with van der Waals surface area (Å²) in [6.07, 6.45) is 0.298. The highest BCUT2D eigenvalue weighted by Crippen LogP contribution is 2.12. The molecule has 0 spiro atoms. The maximum Gasteiger partial charge on any atom is 0.337 e. The monoisotopic (exact) mass is 467 g/mol. The Hall–Kier alpha value is -2.42. The topological polar surface area (TPSA) is 81.7 Å². The first-order valence-corrected chi connectivity index (χ1v) is 8.84. The summed E-state index contributed by atoms with van der Waals surface area (Å²) >= 11 is 2.18. The number of hydrogen-bond donors (Lipinski definition) is 1. The van der Waals surface area contributed by atoms with E-state index in [-0.39, 0.29) is 11.1 Å². The third kappa shape index (κ3) is 5.29. The molecule has 0 bridgehead atoms. The van der Waals surface area contributed by atoms with Crippen LogP contribution in [-0.2, 0) is 20.7 Å². The van der Waals surface area contributed by atoms with Crippen molar-refractivity contribution in [2.75, 3.05) is 14.2 Å². The van der Waals surface area contributed by atoms with E-state index in [2.05, 4.69) is 32.6 Å². The van der Waals surface area contributed by atoms with E-state index < -0.39 is 23.9 Å². The molecule has 0 heterocycles. The van der Waals surface area contributed by atoms with E-state index in [1.807, 2.05) is 24.3 Å². The first-order valence-electron chi connectivity index (χ1n) is 7.76. The van der Waals surface area contributed by atoms with Crippen molar-refractivity contribution in [3.8, 4) is 0 Å². The molecule has 0 aliphatic heterocycles. The number of nitrogens with one attached hydrogen (secondary N) is 1. The van der Waals surface area contributed by atoms with Gasteiger partial charge in [-0.25, -0.2) is 9.59 Å². The lowest BCUT2D eigenvalue weighted by molar-refractivity contribution is -0.142. The van der Waals surface area contributed by atoms with Crippen LogP contribution in [0.5, 0.6) is 0 Å². The van der Waals surface area contributed by atoms with Gasteiger partial charge in [0.1, 0.15) is 6.04 Å². The summed E-state index contributed by atoms with van der Waals surface area (Å²) in [6.45, 7) is 0. The van der Waals surface area contributed by atoms with Crippen molar-refractivity contribution < 1.29 is 23.9 Å². The largest absolute Gasteiger partial charge is 0.467 e. The van der Waals surface area contributed by atoms with E-state index in [1.165, 1.54) is 20.3 Å². The van der Waals surface area contributed by atoms with Gasteiger partial charge in [-0.1, -0.05) is 18.2 Å². The fourth-order valence-corrected chi connectivity index (χ4v) is 2.99. The van der Waals surface area contributed by atoms with Crippen molar-refractivity contribution in [2.24, 2.45) is 0 Å². The summed E-state index contributed by atoms with van der Waals surface area (Å²) in [5.41, 5.74) is 1.41. The molecule has 1 amide bonds. The number of amides is 1. The summed E-state index contributed by atoms with van der Waals surface area (Å²) in [5, 5.41) is 2.67. The predicted molar refractivity (Wildman–Crippen MR) is 104 cm³/mol. The third-order valence-electron chi connectivity index (χ3n) is 3.67. The van der Waals surface area contributed by atoms with Gasteiger partial charge in [0.25, 0.3) is 5.91 Å². The van der Waals surface area contributed by atoms with Gasteiger partial charge >= 0.3 is 11.9 Å². The second kappa shape index (κ2) is 9.33. The molecular formula is C19H18INO5. The summed E-state index contributed by atoms with van der Waals surface area (Å²) in [6, 6.07) is 12.9. The molecule has 0 aromatic heterocycles. The van der Waals surface area contributed by atoms with E-state index in [9.17, 15) is 14.4 Å². The first kappa shape index (κ1) is 19.9. The SMILES string of the molecule is COC(=O)c1cccc(C(=O)N[C@H](Cc2cccc(I)c2)C(=O)OC)c1. The van der Waals surface area contributed by atoms with E-state index in [4.69, 9.17) is 4.74 Å². The third-order valence-corrected chi connectivity index (χ3v) is 4.34. The lowest BCUT2D eigenvalue weighted by atomic mass is 10.0. The molecule has 0 saturated carbocycles. The van der Waals surface area contributed by atoms with Gasteiger partial charge in [0.15, 0.2) is 0 Å².